The quantitative estimate of drug-likeness (QED) is 0.904. The van der Waals surface area contributed by atoms with Crippen LogP contribution in [0, 0.1) is 0 Å². The highest BCUT2D eigenvalue weighted by Gasteiger charge is 2.26. The number of rotatable bonds is 4. The molecule has 0 unspecified atom stereocenters. The van der Waals surface area contributed by atoms with Gasteiger partial charge in [-0.3, -0.25) is 4.79 Å². The van der Waals surface area contributed by atoms with E-state index in [-0.39, 0.29) is 10.8 Å². The Morgan fingerprint density at radius 2 is 1.54 bits per heavy atom. The normalized spacial score (nSPS) is 15.4. The van der Waals surface area contributed by atoms with Gasteiger partial charge < -0.3 is 5.32 Å². The van der Waals surface area contributed by atoms with Gasteiger partial charge in [0.25, 0.3) is 5.91 Å². The maximum atomic E-state index is 12.4. The summed E-state index contributed by atoms with van der Waals surface area (Å²) in [5.41, 5.74) is 1.02. The zero-order valence-electron chi connectivity index (χ0n) is 12.9. The van der Waals surface area contributed by atoms with Crippen molar-refractivity contribution in [2.24, 2.45) is 0 Å². The molecule has 5 nitrogen and oxygen atoms in total. The molecule has 3 rings (SSSR count). The predicted octanol–water partition coefficient (Wildman–Crippen LogP) is 3.38. The molecule has 1 N–H and O–H groups in total. The van der Waals surface area contributed by atoms with E-state index in [9.17, 15) is 13.2 Å². The number of halogens is 1. The lowest BCUT2D eigenvalue weighted by molar-refractivity contribution is 0.102. The Bertz CT molecular complexity index is 827. The van der Waals surface area contributed by atoms with Crippen LogP contribution in [0.1, 0.15) is 23.2 Å². The van der Waals surface area contributed by atoms with Crippen LogP contribution in [0.4, 0.5) is 5.69 Å². The summed E-state index contributed by atoms with van der Waals surface area (Å²) in [6.45, 7) is 1.13. The second-order valence-corrected chi connectivity index (χ2v) is 7.97. The molecule has 2 aromatic carbocycles. The molecule has 0 aromatic heterocycles. The van der Waals surface area contributed by atoms with Gasteiger partial charge in [-0.1, -0.05) is 11.6 Å². The van der Waals surface area contributed by atoms with Gasteiger partial charge >= 0.3 is 0 Å². The Morgan fingerprint density at radius 1 is 0.958 bits per heavy atom. The fraction of sp³-hybridized carbons (Fsp3) is 0.235. The number of anilines is 1. The van der Waals surface area contributed by atoms with Crippen LogP contribution in [0.5, 0.6) is 0 Å². The molecular weight excluding hydrogens is 348 g/mol. The average molecular weight is 365 g/mol. The molecule has 0 atom stereocenters. The SMILES string of the molecule is O=C(Nc1ccc(S(=O)(=O)N2CCCC2)cc1)c1ccc(Cl)cc1. The summed E-state index contributed by atoms with van der Waals surface area (Å²) in [5, 5.41) is 3.29. The molecule has 0 spiro atoms. The van der Waals surface area contributed by atoms with Crippen LogP contribution >= 0.6 is 11.6 Å². The predicted molar refractivity (Wildman–Crippen MR) is 93.8 cm³/mol. The maximum Gasteiger partial charge on any atom is 0.255 e. The number of nitrogens with zero attached hydrogens (tertiary/aromatic N) is 1. The number of nitrogens with one attached hydrogen (secondary N) is 1. The number of carbonyl (C=O) groups is 1. The number of carbonyl (C=O) groups excluding carboxylic acids is 1. The molecule has 1 aliphatic rings. The molecular formula is C17H17ClN2O3S. The third-order valence-corrected chi connectivity index (χ3v) is 6.09. The molecule has 1 saturated heterocycles. The fourth-order valence-electron chi connectivity index (χ4n) is 2.59. The lowest BCUT2D eigenvalue weighted by atomic mass is 10.2. The van der Waals surface area contributed by atoms with Crippen molar-refractivity contribution in [3.05, 3.63) is 59.1 Å². The molecule has 1 fully saturated rings. The molecule has 126 valence electrons. The minimum atomic E-state index is -3.43. The lowest BCUT2D eigenvalue weighted by Crippen LogP contribution is -2.27. The van der Waals surface area contributed by atoms with Crippen molar-refractivity contribution in [1.82, 2.24) is 4.31 Å². The van der Waals surface area contributed by atoms with Gasteiger partial charge in [0, 0.05) is 29.4 Å². The van der Waals surface area contributed by atoms with Gasteiger partial charge in [-0.2, -0.15) is 4.31 Å². The molecule has 1 heterocycles. The summed E-state index contributed by atoms with van der Waals surface area (Å²) in [5.74, 6) is -0.276. The first kappa shape index (κ1) is 17.0. The van der Waals surface area contributed by atoms with E-state index >= 15 is 0 Å². The van der Waals surface area contributed by atoms with Gasteiger partial charge in [-0.15, -0.1) is 0 Å². The lowest BCUT2D eigenvalue weighted by Gasteiger charge is -2.15. The van der Waals surface area contributed by atoms with Crippen LogP contribution in [-0.2, 0) is 10.0 Å². The number of amides is 1. The second kappa shape index (κ2) is 6.93. The van der Waals surface area contributed by atoms with Crippen molar-refractivity contribution < 1.29 is 13.2 Å². The van der Waals surface area contributed by atoms with Crippen molar-refractivity contribution in [2.75, 3.05) is 18.4 Å². The summed E-state index contributed by atoms with van der Waals surface area (Å²) in [7, 11) is -3.43. The minimum Gasteiger partial charge on any atom is -0.322 e. The number of sulfonamides is 1. The van der Waals surface area contributed by atoms with Gasteiger partial charge in [0.2, 0.25) is 10.0 Å². The smallest absolute Gasteiger partial charge is 0.255 e. The summed E-state index contributed by atoms with van der Waals surface area (Å²) in [6, 6.07) is 12.8. The maximum absolute atomic E-state index is 12.4. The van der Waals surface area contributed by atoms with E-state index in [2.05, 4.69) is 5.32 Å². The number of benzene rings is 2. The van der Waals surface area contributed by atoms with Gasteiger partial charge in [-0.05, 0) is 61.4 Å². The zero-order valence-corrected chi connectivity index (χ0v) is 14.5. The van der Waals surface area contributed by atoms with E-state index < -0.39 is 10.0 Å². The van der Waals surface area contributed by atoms with Crippen molar-refractivity contribution >= 4 is 33.2 Å². The zero-order chi connectivity index (χ0) is 17.2. The van der Waals surface area contributed by atoms with Crippen LogP contribution < -0.4 is 5.32 Å². The monoisotopic (exact) mass is 364 g/mol. The van der Waals surface area contributed by atoms with Crippen LogP contribution in [-0.4, -0.2) is 31.7 Å². The number of hydrogen-bond donors (Lipinski definition) is 1. The summed E-state index contributed by atoms with van der Waals surface area (Å²) >= 11 is 5.80. The molecule has 7 heteroatoms. The second-order valence-electron chi connectivity index (χ2n) is 5.60. The third-order valence-electron chi connectivity index (χ3n) is 3.92. The van der Waals surface area contributed by atoms with Gasteiger partial charge in [-0.25, -0.2) is 8.42 Å². The number of hydrogen-bond acceptors (Lipinski definition) is 3. The first-order valence-electron chi connectivity index (χ1n) is 7.64. The highest BCUT2D eigenvalue weighted by Crippen LogP contribution is 2.22. The largest absolute Gasteiger partial charge is 0.322 e. The van der Waals surface area contributed by atoms with E-state index in [1.54, 1.807) is 36.4 Å². The topological polar surface area (TPSA) is 66.5 Å². The fourth-order valence-corrected chi connectivity index (χ4v) is 4.24. The Kier molecular flexibility index (Phi) is 4.89. The Balaban J connectivity index is 1.72. The first-order chi connectivity index (χ1) is 11.5. The van der Waals surface area contributed by atoms with E-state index in [0.29, 0.717) is 29.4 Å². The molecule has 24 heavy (non-hydrogen) atoms. The summed E-state index contributed by atoms with van der Waals surface area (Å²) < 4.78 is 26.4. The molecule has 1 aliphatic heterocycles. The van der Waals surface area contributed by atoms with Gasteiger partial charge in [0.15, 0.2) is 0 Å². The molecule has 2 aromatic rings. The minimum absolute atomic E-state index is 0.244. The Hall–Kier alpha value is -1.89. The standard InChI is InChI=1S/C17H17ClN2O3S/c18-14-5-3-13(4-6-14)17(21)19-15-7-9-16(10-8-15)24(22,23)20-11-1-2-12-20/h3-10H,1-2,11-12H2,(H,19,21). The van der Waals surface area contributed by atoms with E-state index in [1.807, 2.05) is 0 Å². The van der Waals surface area contributed by atoms with Gasteiger partial charge in [0.05, 0.1) is 4.90 Å². The van der Waals surface area contributed by atoms with Crippen LogP contribution in [0.3, 0.4) is 0 Å². The molecule has 0 saturated carbocycles. The molecule has 0 aliphatic carbocycles. The van der Waals surface area contributed by atoms with Crippen molar-refractivity contribution in [2.45, 2.75) is 17.7 Å². The Morgan fingerprint density at radius 3 is 2.12 bits per heavy atom. The summed E-state index contributed by atoms with van der Waals surface area (Å²) in [6.07, 6.45) is 1.79. The van der Waals surface area contributed by atoms with Crippen LogP contribution in [0.15, 0.2) is 53.4 Å². The van der Waals surface area contributed by atoms with Gasteiger partial charge in [0.1, 0.15) is 0 Å². The van der Waals surface area contributed by atoms with Crippen LogP contribution in [0.2, 0.25) is 5.02 Å². The van der Waals surface area contributed by atoms with Crippen molar-refractivity contribution in [3.8, 4) is 0 Å². The Labute approximate surface area is 146 Å². The first-order valence-corrected chi connectivity index (χ1v) is 9.46. The molecule has 1 amide bonds. The third kappa shape index (κ3) is 3.61. The highest BCUT2D eigenvalue weighted by atomic mass is 35.5. The van der Waals surface area contributed by atoms with Crippen LogP contribution in [0.25, 0.3) is 0 Å². The molecule has 0 bridgehead atoms. The average Bonchev–Trinajstić information content (AvgIpc) is 3.11. The van der Waals surface area contributed by atoms with E-state index in [1.165, 1.54) is 16.4 Å². The van der Waals surface area contributed by atoms with Crippen molar-refractivity contribution in [1.29, 1.82) is 0 Å². The van der Waals surface area contributed by atoms with E-state index in [4.69, 9.17) is 11.6 Å². The summed E-state index contributed by atoms with van der Waals surface area (Å²) in [4.78, 5) is 12.4. The van der Waals surface area contributed by atoms with E-state index in [0.717, 1.165) is 12.8 Å². The van der Waals surface area contributed by atoms with Crippen molar-refractivity contribution in [3.63, 3.8) is 0 Å². The molecule has 0 radical (unpaired) electrons. The highest BCUT2D eigenvalue weighted by molar-refractivity contribution is 7.89.